The molecule has 0 unspecified atom stereocenters. The van der Waals surface area contributed by atoms with Crippen molar-refractivity contribution in [2.75, 3.05) is 19.0 Å². The van der Waals surface area contributed by atoms with E-state index in [-0.39, 0.29) is 12.5 Å². The van der Waals surface area contributed by atoms with E-state index in [0.29, 0.717) is 10.6 Å². The molecule has 6 heteroatoms. The van der Waals surface area contributed by atoms with Crippen LogP contribution in [0.15, 0.2) is 48.5 Å². The zero-order valence-corrected chi connectivity index (χ0v) is 17.8. The number of hydrogen-bond donors (Lipinski definition) is 1. The van der Waals surface area contributed by atoms with Crippen LogP contribution >= 0.6 is 11.3 Å². The van der Waals surface area contributed by atoms with E-state index in [1.165, 1.54) is 22.5 Å². The van der Waals surface area contributed by atoms with Gasteiger partial charge in [-0.1, -0.05) is 19.1 Å². The molecule has 1 amide bonds. The topological polar surface area (TPSA) is 64.6 Å². The summed E-state index contributed by atoms with van der Waals surface area (Å²) in [7, 11) is 1.66. The van der Waals surface area contributed by atoms with Crippen molar-refractivity contribution >= 4 is 28.9 Å². The van der Waals surface area contributed by atoms with E-state index in [9.17, 15) is 9.59 Å². The molecule has 154 valence electrons. The molecule has 0 radical (unpaired) electrons. The average molecular weight is 422 g/mol. The van der Waals surface area contributed by atoms with Crippen molar-refractivity contribution in [3.8, 4) is 16.2 Å². The molecule has 1 aliphatic rings. The van der Waals surface area contributed by atoms with Gasteiger partial charge in [-0.2, -0.15) is 0 Å². The number of benzene rings is 2. The van der Waals surface area contributed by atoms with Gasteiger partial charge in [0.1, 0.15) is 10.6 Å². The van der Waals surface area contributed by atoms with E-state index < -0.39 is 5.97 Å². The fourth-order valence-corrected chi connectivity index (χ4v) is 4.73. The predicted molar refractivity (Wildman–Crippen MR) is 118 cm³/mol. The van der Waals surface area contributed by atoms with Crippen molar-refractivity contribution in [3.63, 3.8) is 0 Å². The Hall–Kier alpha value is -3.12. The molecular formula is C24H23NO4S. The van der Waals surface area contributed by atoms with E-state index in [2.05, 4.69) is 12.2 Å². The largest absolute Gasteiger partial charge is 0.497 e. The Labute approximate surface area is 179 Å². The lowest BCUT2D eigenvalue weighted by atomic mass is 9.91. The van der Waals surface area contributed by atoms with Crippen LogP contribution in [0.2, 0.25) is 0 Å². The van der Waals surface area contributed by atoms with Gasteiger partial charge < -0.3 is 14.8 Å². The van der Waals surface area contributed by atoms with E-state index in [1.807, 2.05) is 48.5 Å². The molecule has 30 heavy (non-hydrogen) atoms. The van der Waals surface area contributed by atoms with Gasteiger partial charge in [-0.3, -0.25) is 4.79 Å². The second-order valence-electron chi connectivity index (χ2n) is 7.16. The quantitative estimate of drug-likeness (QED) is 0.576. The molecule has 0 saturated carbocycles. The van der Waals surface area contributed by atoms with E-state index in [1.54, 1.807) is 7.11 Å². The minimum atomic E-state index is -0.471. The lowest BCUT2D eigenvalue weighted by Crippen LogP contribution is -2.20. The summed E-state index contributed by atoms with van der Waals surface area (Å²) in [4.78, 5) is 26.2. The number of ether oxygens (including phenoxy) is 2. The molecular weight excluding hydrogens is 398 g/mol. The molecule has 1 heterocycles. The summed E-state index contributed by atoms with van der Waals surface area (Å²) in [5, 5.41) is 2.75. The smallest absolute Gasteiger partial charge is 0.348 e. The first-order valence-corrected chi connectivity index (χ1v) is 10.7. The average Bonchev–Trinajstić information content (AvgIpc) is 3.22. The summed E-state index contributed by atoms with van der Waals surface area (Å²) < 4.78 is 10.6. The number of methoxy groups -OCH3 is 1. The number of thiophene rings is 1. The van der Waals surface area contributed by atoms with Crippen LogP contribution in [-0.2, 0) is 28.8 Å². The SMILES string of the molecule is CCc1ccc(NC(=O)COC(=O)c2cc3c(s2)-c2ccc(OC)cc2CC3)cc1. The fourth-order valence-electron chi connectivity index (χ4n) is 3.56. The predicted octanol–water partition coefficient (Wildman–Crippen LogP) is 4.88. The normalized spacial score (nSPS) is 11.9. The van der Waals surface area contributed by atoms with Crippen molar-refractivity contribution < 1.29 is 19.1 Å². The van der Waals surface area contributed by atoms with Gasteiger partial charge in [0.15, 0.2) is 6.61 Å². The maximum absolute atomic E-state index is 12.5. The summed E-state index contributed by atoms with van der Waals surface area (Å²) in [6, 6.07) is 15.5. The summed E-state index contributed by atoms with van der Waals surface area (Å²) in [6.45, 7) is 1.76. The van der Waals surface area contributed by atoms with Crippen LogP contribution in [0.5, 0.6) is 5.75 Å². The van der Waals surface area contributed by atoms with E-state index >= 15 is 0 Å². The molecule has 0 spiro atoms. The molecule has 0 atom stereocenters. The number of hydrogen-bond acceptors (Lipinski definition) is 5. The number of nitrogens with one attached hydrogen (secondary N) is 1. The Morgan fingerprint density at radius 1 is 1.03 bits per heavy atom. The molecule has 0 bridgehead atoms. The van der Waals surface area contributed by atoms with Gasteiger partial charge in [0.05, 0.1) is 7.11 Å². The molecule has 2 aromatic carbocycles. The first-order chi connectivity index (χ1) is 14.6. The lowest BCUT2D eigenvalue weighted by molar-refractivity contribution is -0.119. The summed E-state index contributed by atoms with van der Waals surface area (Å²) in [6.07, 6.45) is 2.71. The lowest BCUT2D eigenvalue weighted by Gasteiger charge is -2.16. The number of anilines is 1. The van der Waals surface area contributed by atoms with Crippen LogP contribution in [0, 0.1) is 0 Å². The number of esters is 1. The van der Waals surface area contributed by atoms with Crippen molar-refractivity contribution in [2.24, 2.45) is 0 Å². The molecule has 1 N–H and O–H groups in total. The molecule has 3 aromatic rings. The second-order valence-corrected chi connectivity index (χ2v) is 8.22. The van der Waals surface area contributed by atoms with Gasteiger partial charge in [-0.05, 0) is 77.9 Å². The van der Waals surface area contributed by atoms with Crippen molar-refractivity contribution in [3.05, 3.63) is 70.1 Å². The van der Waals surface area contributed by atoms with E-state index in [0.717, 1.165) is 41.0 Å². The number of rotatable bonds is 6. The highest BCUT2D eigenvalue weighted by molar-refractivity contribution is 7.17. The van der Waals surface area contributed by atoms with Gasteiger partial charge in [0.25, 0.3) is 5.91 Å². The second kappa shape index (κ2) is 8.71. The van der Waals surface area contributed by atoms with Crippen molar-refractivity contribution in [1.82, 2.24) is 0 Å². The van der Waals surface area contributed by atoms with Gasteiger partial charge in [-0.25, -0.2) is 4.79 Å². The van der Waals surface area contributed by atoms with Gasteiger partial charge in [0.2, 0.25) is 0 Å². The first-order valence-electron chi connectivity index (χ1n) is 9.93. The molecule has 0 aliphatic heterocycles. The third-order valence-electron chi connectivity index (χ3n) is 5.21. The van der Waals surface area contributed by atoms with Crippen LogP contribution < -0.4 is 10.1 Å². The molecule has 4 rings (SSSR count). The van der Waals surface area contributed by atoms with Crippen LogP contribution in [0.1, 0.15) is 33.3 Å². The van der Waals surface area contributed by atoms with E-state index in [4.69, 9.17) is 9.47 Å². The standard InChI is InChI=1S/C24H23NO4S/c1-3-15-4-8-18(9-5-15)25-22(26)14-29-24(27)21-13-17-7-6-16-12-19(28-2)10-11-20(16)23(17)30-21/h4-5,8-13H,3,6-7,14H2,1-2H3,(H,25,26). The third kappa shape index (κ3) is 4.24. The molecule has 1 aliphatic carbocycles. The highest BCUT2D eigenvalue weighted by Gasteiger charge is 2.23. The Balaban J connectivity index is 1.40. The van der Waals surface area contributed by atoms with Crippen molar-refractivity contribution in [1.29, 1.82) is 0 Å². The number of fused-ring (bicyclic) bond motifs is 3. The molecule has 1 aromatic heterocycles. The maximum atomic E-state index is 12.5. The minimum absolute atomic E-state index is 0.315. The van der Waals surface area contributed by atoms with Gasteiger partial charge in [0, 0.05) is 10.6 Å². The summed E-state index contributed by atoms with van der Waals surface area (Å²) >= 11 is 1.41. The zero-order valence-electron chi connectivity index (χ0n) is 17.0. The Morgan fingerprint density at radius 2 is 1.80 bits per heavy atom. The number of carbonyl (C=O) groups is 2. The highest BCUT2D eigenvalue weighted by Crippen LogP contribution is 2.41. The Bertz CT molecular complexity index is 1090. The molecule has 5 nitrogen and oxygen atoms in total. The zero-order chi connectivity index (χ0) is 21.1. The summed E-state index contributed by atoms with van der Waals surface area (Å²) in [5.41, 5.74) is 5.38. The first kappa shape index (κ1) is 20.2. The highest BCUT2D eigenvalue weighted by atomic mass is 32.1. The molecule has 0 saturated heterocycles. The number of amides is 1. The number of aryl methyl sites for hydroxylation is 3. The number of carbonyl (C=O) groups excluding carboxylic acids is 2. The Kier molecular flexibility index (Phi) is 5.86. The van der Waals surface area contributed by atoms with Crippen LogP contribution in [0.3, 0.4) is 0 Å². The van der Waals surface area contributed by atoms with Crippen LogP contribution in [0.4, 0.5) is 5.69 Å². The Morgan fingerprint density at radius 3 is 2.53 bits per heavy atom. The minimum Gasteiger partial charge on any atom is -0.497 e. The fraction of sp³-hybridized carbons (Fsp3) is 0.250. The van der Waals surface area contributed by atoms with Gasteiger partial charge in [-0.15, -0.1) is 11.3 Å². The maximum Gasteiger partial charge on any atom is 0.348 e. The van der Waals surface area contributed by atoms with Crippen molar-refractivity contribution in [2.45, 2.75) is 26.2 Å². The summed E-state index contributed by atoms with van der Waals surface area (Å²) in [5.74, 6) is 0.0102. The van der Waals surface area contributed by atoms with Gasteiger partial charge >= 0.3 is 5.97 Å². The molecule has 0 fully saturated rings. The monoisotopic (exact) mass is 421 g/mol. The van der Waals surface area contributed by atoms with Crippen LogP contribution in [0.25, 0.3) is 10.4 Å². The van der Waals surface area contributed by atoms with Crippen LogP contribution in [-0.4, -0.2) is 25.6 Å². The third-order valence-corrected chi connectivity index (χ3v) is 6.40.